The van der Waals surface area contributed by atoms with E-state index in [1.165, 1.54) is 18.3 Å². The number of halogens is 2. The maximum Gasteiger partial charge on any atom is 0.265 e. The summed E-state index contributed by atoms with van der Waals surface area (Å²) in [5.74, 6) is -0.551. The van der Waals surface area contributed by atoms with Crippen LogP contribution in [-0.4, -0.2) is 33.4 Å². The van der Waals surface area contributed by atoms with Crippen LogP contribution in [0, 0.1) is 0 Å². The third-order valence-electron chi connectivity index (χ3n) is 3.00. The Labute approximate surface area is 155 Å². The number of amides is 1. The van der Waals surface area contributed by atoms with E-state index in [9.17, 15) is 13.2 Å². The minimum Gasteiger partial charge on any atom is -0.386 e. The van der Waals surface area contributed by atoms with Crippen molar-refractivity contribution in [2.24, 2.45) is 5.16 Å². The van der Waals surface area contributed by atoms with Crippen molar-refractivity contribution < 1.29 is 18.0 Å². The van der Waals surface area contributed by atoms with Gasteiger partial charge in [-0.3, -0.25) is 4.79 Å². The van der Waals surface area contributed by atoms with Crippen molar-refractivity contribution in [3.05, 3.63) is 58.1 Å². The number of anilines is 1. The Balaban J connectivity index is 1.96. The maximum atomic E-state index is 11.9. The first-order chi connectivity index (χ1) is 11.8. The first-order valence-electron chi connectivity index (χ1n) is 6.97. The summed E-state index contributed by atoms with van der Waals surface area (Å²) in [6.45, 7) is -0.396. The molecule has 0 heterocycles. The van der Waals surface area contributed by atoms with Crippen molar-refractivity contribution in [1.29, 1.82) is 0 Å². The summed E-state index contributed by atoms with van der Waals surface area (Å²) in [6, 6.07) is 11.1. The monoisotopic (exact) mass is 400 g/mol. The zero-order valence-electron chi connectivity index (χ0n) is 13.1. The second-order valence-corrected chi connectivity index (χ2v) is 7.74. The number of rotatable bonds is 6. The molecule has 0 unspecified atom stereocenters. The minimum absolute atomic E-state index is 0.0255. The number of benzene rings is 2. The number of carbonyl (C=O) groups is 1. The first kappa shape index (κ1) is 19.2. The van der Waals surface area contributed by atoms with Crippen molar-refractivity contribution in [3.63, 3.8) is 0 Å². The third kappa shape index (κ3) is 5.45. The standard InChI is InChI=1S/C16H14Cl2N2O4S/c1-25(22,23)14-8-3-2-7-13(14)20-15(21)10-24-19-9-11-5-4-6-12(17)16(11)18/h2-9H,10H2,1H3,(H,20,21)/b19-9-. The van der Waals surface area contributed by atoms with Crippen LogP contribution in [0.5, 0.6) is 0 Å². The molecule has 0 atom stereocenters. The highest BCUT2D eigenvalue weighted by Crippen LogP contribution is 2.24. The molecule has 132 valence electrons. The highest BCUT2D eigenvalue weighted by atomic mass is 35.5. The number of nitrogens with zero attached hydrogens (tertiary/aromatic N) is 1. The second kappa shape index (κ2) is 8.33. The molecule has 0 fully saturated rings. The van der Waals surface area contributed by atoms with Crippen LogP contribution in [0.15, 0.2) is 52.5 Å². The van der Waals surface area contributed by atoms with Gasteiger partial charge in [0.1, 0.15) is 0 Å². The molecule has 0 bridgehead atoms. The fraction of sp³-hybridized carbons (Fsp3) is 0.125. The number of carbonyl (C=O) groups excluding carboxylic acids is 1. The van der Waals surface area contributed by atoms with Gasteiger partial charge in [0.25, 0.3) is 5.91 Å². The van der Waals surface area contributed by atoms with Crippen LogP contribution in [0.3, 0.4) is 0 Å². The smallest absolute Gasteiger partial charge is 0.265 e. The molecule has 0 saturated carbocycles. The highest BCUT2D eigenvalue weighted by Gasteiger charge is 2.14. The van der Waals surface area contributed by atoms with E-state index in [1.807, 2.05) is 0 Å². The number of sulfone groups is 1. The summed E-state index contributed by atoms with van der Waals surface area (Å²) < 4.78 is 23.4. The summed E-state index contributed by atoms with van der Waals surface area (Å²) in [5, 5.41) is 6.82. The van der Waals surface area contributed by atoms with E-state index >= 15 is 0 Å². The van der Waals surface area contributed by atoms with E-state index in [0.29, 0.717) is 15.6 Å². The Hall–Kier alpha value is -2.09. The predicted octanol–water partition coefficient (Wildman–Crippen LogP) is 3.39. The van der Waals surface area contributed by atoms with Gasteiger partial charge >= 0.3 is 0 Å². The van der Waals surface area contributed by atoms with Crippen LogP contribution >= 0.6 is 23.2 Å². The lowest BCUT2D eigenvalue weighted by Gasteiger charge is -2.08. The number of nitrogens with one attached hydrogen (secondary N) is 1. The van der Waals surface area contributed by atoms with Crippen LogP contribution in [0.1, 0.15) is 5.56 Å². The molecule has 25 heavy (non-hydrogen) atoms. The van der Waals surface area contributed by atoms with E-state index in [4.69, 9.17) is 28.0 Å². The van der Waals surface area contributed by atoms with Gasteiger partial charge in [0.2, 0.25) is 0 Å². The molecular formula is C16H14Cl2N2O4S. The minimum atomic E-state index is -3.46. The van der Waals surface area contributed by atoms with Crippen molar-refractivity contribution in [2.45, 2.75) is 4.90 Å². The molecule has 0 saturated heterocycles. The van der Waals surface area contributed by atoms with Crippen molar-refractivity contribution >= 4 is 50.8 Å². The molecular weight excluding hydrogens is 387 g/mol. The van der Waals surface area contributed by atoms with Crippen LogP contribution in [0.25, 0.3) is 0 Å². The fourth-order valence-corrected chi connectivity index (χ4v) is 3.09. The van der Waals surface area contributed by atoms with Gasteiger partial charge in [-0.2, -0.15) is 0 Å². The Kier molecular flexibility index (Phi) is 6.41. The van der Waals surface area contributed by atoms with Crippen LogP contribution in [-0.2, 0) is 19.5 Å². The predicted molar refractivity (Wildman–Crippen MR) is 98.2 cm³/mol. The average molecular weight is 401 g/mol. The van der Waals surface area contributed by atoms with Gasteiger partial charge in [-0.15, -0.1) is 0 Å². The molecule has 9 heteroatoms. The molecule has 0 aliphatic carbocycles. The molecule has 2 aromatic rings. The molecule has 0 radical (unpaired) electrons. The molecule has 0 aromatic heterocycles. The summed E-state index contributed by atoms with van der Waals surface area (Å²) in [5.41, 5.74) is 0.720. The van der Waals surface area contributed by atoms with Crippen molar-refractivity contribution in [3.8, 4) is 0 Å². The Morgan fingerprint density at radius 2 is 1.92 bits per heavy atom. The van der Waals surface area contributed by atoms with Crippen LogP contribution in [0.2, 0.25) is 10.0 Å². The summed E-state index contributed by atoms with van der Waals surface area (Å²) in [4.78, 5) is 16.8. The van der Waals surface area contributed by atoms with Crippen LogP contribution in [0.4, 0.5) is 5.69 Å². The topological polar surface area (TPSA) is 84.8 Å². The average Bonchev–Trinajstić information content (AvgIpc) is 2.55. The van der Waals surface area contributed by atoms with E-state index in [-0.39, 0.29) is 10.6 Å². The Morgan fingerprint density at radius 1 is 1.20 bits per heavy atom. The molecule has 1 amide bonds. The van der Waals surface area contributed by atoms with Gasteiger partial charge in [-0.1, -0.05) is 52.6 Å². The lowest BCUT2D eigenvalue weighted by Crippen LogP contribution is -2.18. The summed E-state index contributed by atoms with van der Waals surface area (Å²) in [6.07, 6.45) is 2.39. The van der Waals surface area contributed by atoms with E-state index < -0.39 is 22.4 Å². The molecule has 1 N–H and O–H groups in total. The lowest BCUT2D eigenvalue weighted by molar-refractivity contribution is -0.120. The number of hydrogen-bond donors (Lipinski definition) is 1. The Bertz CT molecular complexity index is 914. The second-order valence-electron chi connectivity index (χ2n) is 4.97. The van der Waals surface area contributed by atoms with E-state index in [2.05, 4.69) is 10.5 Å². The lowest BCUT2D eigenvalue weighted by atomic mass is 10.2. The molecule has 0 aliphatic heterocycles. The first-order valence-corrected chi connectivity index (χ1v) is 9.62. The number of para-hydroxylation sites is 1. The van der Waals surface area contributed by atoms with E-state index in [1.54, 1.807) is 30.3 Å². The van der Waals surface area contributed by atoms with Crippen molar-refractivity contribution in [2.75, 3.05) is 18.2 Å². The largest absolute Gasteiger partial charge is 0.386 e. The zero-order valence-corrected chi connectivity index (χ0v) is 15.4. The third-order valence-corrected chi connectivity index (χ3v) is 4.99. The SMILES string of the molecule is CS(=O)(=O)c1ccccc1NC(=O)CO/N=C\c1cccc(Cl)c1Cl. The summed E-state index contributed by atoms with van der Waals surface area (Å²) >= 11 is 11.9. The number of hydrogen-bond acceptors (Lipinski definition) is 5. The van der Waals surface area contributed by atoms with Gasteiger partial charge in [0.05, 0.1) is 26.8 Å². The maximum absolute atomic E-state index is 11.9. The van der Waals surface area contributed by atoms with Gasteiger partial charge < -0.3 is 10.2 Å². The molecule has 0 spiro atoms. The Morgan fingerprint density at radius 3 is 2.64 bits per heavy atom. The zero-order chi connectivity index (χ0) is 18.4. The van der Waals surface area contributed by atoms with Gasteiger partial charge in [0, 0.05) is 11.8 Å². The van der Waals surface area contributed by atoms with Crippen molar-refractivity contribution in [1.82, 2.24) is 0 Å². The normalized spacial score (nSPS) is 11.5. The molecule has 2 rings (SSSR count). The highest BCUT2D eigenvalue weighted by molar-refractivity contribution is 7.90. The molecule has 2 aromatic carbocycles. The van der Waals surface area contributed by atoms with Gasteiger partial charge in [-0.05, 0) is 18.2 Å². The molecule has 6 nitrogen and oxygen atoms in total. The number of oxime groups is 1. The summed E-state index contributed by atoms with van der Waals surface area (Å²) in [7, 11) is -3.46. The van der Waals surface area contributed by atoms with Gasteiger partial charge in [-0.25, -0.2) is 8.42 Å². The van der Waals surface area contributed by atoms with Gasteiger partial charge in [0.15, 0.2) is 16.4 Å². The fourth-order valence-electron chi connectivity index (χ4n) is 1.89. The van der Waals surface area contributed by atoms with Crippen LogP contribution < -0.4 is 5.32 Å². The van der Waals surface area contributed by atoms with E-state index in [0.717, 1.165) is 6.26 Å². The quantitative estimate of drug-likeness (QED) is 0.594. The molecule has 0 aliphatic rings.